The minimum atomic E-state index is -0.495. The Bertz CT molecular complexity index is 1080. The molecule has 3 aromatic rings. The molecule has 0 bridgehead atoms. The van der Waals surface area contributed by atoms with E-state index < -0.39 is 4.92 Å². The lowest BCUT2D eigenvalue weighted by atomic mass is 10.2. The zero-order chi connectivity index (χ0) is 21.7. The molecular formula is C18H18N6O5S. The van der Waals surface area contributed by atoms with E-state index in [4.69, 9.17) is 4.42 Å². The monoisotopic (exact) mass is 430 g/mol. The third kappa shape index (κ3) is 5.03. The Morgan fingerprint density at radius 3 is 2.80 bits per heavy atom. The second kappa shape index (κ2) is 9.22. The number of carbonyl (C=O) groups excluding carboxylic acids is 2. The van der Waals surface area contributed by atoms with E-state index in [9.17, 15) is 19.7 Å². The van der Waals surface area contributed by atoms with E-state index in [1.807, 2.05) is 0 Å². The highest BCUT2D eigenvalue weighted by molar-refractivity contribution is 7.99. The number of thioether (sulfide) groups is 1. The van der Waals surface area contributed by atoms with Crippen LogP contribution in [-0.2, 0) is 18.4 Å². The molecule has 0 saturated heterocycles. The number of nitrogens with zero attached hydrogens (tertiary/aromatic N) is 4. The number of hydrogen-bond donors (Lipinski definition) is 2. The molecule has 30 heavy (non-hydrogen) atoms. The van der Waals surface area contributed by atoms with Crippen LogP contribution in [0.2, 0.25) is 0 Å². The summed E-state index contributed by atoms with van der Waals surface area (Å²) in [5.74, 6) is 0.0243. The zero-order valence-electron chi connectivity index (χ0n) is 16.1. The van der Waals surface area contributed by atoms with Crippen molar-refractivity contribution in [2.75, 3.05) is 11.1 Å². The molecular weight excluding hydrogens is 412 g/mol. The normalized spacial score (nSPS) is 10.6. The zero-order valence-corrected chi connectivity index (χ0v) is 16.9. The quantitative estimate of drug-likeness (QED) is 0.314. The number of aromatic nitrogens is 3. The fourth-order valence-corrected chi connectivity index (χ4v) is 3.22. The molecule has 0 atom stereocenters. The number of nitro benzene ring substituents is 1. The Morgan fingerprint density at radius 2 is 2.10 bits per heavy atom. The number of furan rings is 1. The SMILES string of the molecule is Cc1ccc(NC(=O)CSc2nnc(CNC(=O)c3ccco3)n2C)cc1[N+](=O)[O-]. The summed E-state index contributed by atoms with van der Waals surface area (Å²) in [6, 6.07) is 7.67. The van der Waals surface area contributed by atoms with Crippen LogP contribution in [0.3, 0.4) is 0 Å². The highest BCUT2D eigenvalue weighted by Crippen LogP contribution is 2.23. The van der Waals surface area contributed by atoms with E-state index >= 15 is 0 Å². The molecule has 156 valence electrons. The molecule has 0 unspecified atom stereocenters. The Labute approximate surface area is 175 Å². The van der Waals surface area contributed by atoms with Gasteiger partial charge in [0.15, 0.2) is 16.7 Å². The van der Waals surface area contributed by atoms with Crippen molar-refractivity contribution >= 4 is 35.0 Å². The molecule has 0 spiro atoms. The Morgan fingerprint density at radius 1 is 1.30 bits per heavy atom. The van der Waals surface area contributed by atoms with Gasteiger partial charge in [0, 0.05) is 24.4 Å². The number of benzene rings is 1. The average Bonchev–Trinajstić information content (AvgIpc) is 3.36. The highest BCUT2D eigenvalue weighted by Gasteiger charge is 2.15. The predicted molar refractivity (Wildman–Crippen MR) is 108 cm³/mol. The summed E-state index contributed by atoms with van der Waals surface area (Å²) in [6.45, 7) is 1.77. The van der Waals surface area contributed by atoms with Crippen LogP contribution in [0.15, 0.2) is 46.2 Å². The topological polar surface area (TPSA) is 145 Å². The Kier molecular flexibility index (Phi) is 6.47. The van der Waals surface area contributed by atoms with Crippen molar-refractivity contribution in [2.24, 2.45) is 7.05 Å². The number of aryl methyl sites for hydroxylation is 1. The van der Waals surface area contributed by atoms with Crippen LogP contribution >= 0.6 is 11.8 Å². The first kappa shape index (κ1) is 21.0. The van der Waals surface area contributed by atoms with E-state index in [1.54, 1.807) is 42.8 Å². The number of carbonyl (C=O) groups is 2. The van der Waals surface area contributed by atoms with Crippen LogP contribution in [0, 0.1) is 17.0 Å². The molecule has 11 nitrogen and oxygen atoms in total. The summed E-state index contributed by atoms with van der Waals surface area (Å²) >= 11 is 1.15. The van der Waals surface area contributed by atoms with Gasteiger partial charge in [-0.3, -0.25) is 19.7 Å². The molecule has 2 heterocycles. The second-order valence-corrected chi connectivity index (χ2v) is 7.16. The summed E-state index contributed by atoms with van der Waals surface area (Å²) in [5.41, 5.74) is 0.797. The van der Waals surface area contributed by atoms with E-state index in [0.717, 1.165) is 11.8 Å². The molecule has 3 rings (SSSR count). The third-order valence-corrected chi connectivity index (χ3v) is 5.12. The van der Waals surface area contributed by atoms with Crippen molar-refractivity contribution in [1.29, 1.82) is 0 Å². The molecule has 2 amide bonds. The van der Waals surface area contributed by atoms with Gasteiger partial charge < -0.3 is 19.6 Å². The highest BCUT2D eigenvalue weighted by atomic mass is 32.2. The van der Waals surface area contributed by atoms with Crippen LogP contribution < -0.4 is 10.6 Å². The largest absolute Gasteiger partial charge is 0.459 e. The van der Waals surface area contributed by atoms with Crippen molar-refractivity contribution in [3.63, 3.8) is 0 Å². The van der Waals surface area contributed by atoms with Gasteiger partial charge in [0.05, 0.1) is 23.5 Å². The fourth-order valence-electron chi connectivity index (χ4n) is 2.49. The molecule has 0 radical (unpaired) electrons. The maximum atomic E-state index is 12.2. The number of nitro groups is 1. The first-order valence-corrected chi connectivity index (χ1v) is 9.71. The predicted octanol–water partition coefficient (Wildman–Crippen LogP) is 2.29. The van der Waals surface area contributed by atoms with E-state index in [-0.39, 0.29) is 35.6 Å². The lowest BCUT2D eigenvalue weighted by Crippen LogP contribution is -2.24. The number of anilines is 1. The summed E-state index contributed by atoms with van der Waals surface area (Å²) in [4.78, 5) is 34.6. The first-order chi connectivity index (χ1) is 14.3. The van der Waals surface area contributed by atoms with Gasteiger partial charge in [-0.1, -0.05) is 17.8 Å². The van der Waals surface area contributed by atoms with Crippen LogP contribution in [0.4, 0.5) is 11.4 Å². The minimum absolute atomic E-state index is 0.0341. The van der Waals surface area contributed by atoms with Crippen molar-refractivity contribution < 1.29 is 18.9 Å². The van der Waals surface area contributed by atoms with Crippen LogP contribution in [0.25, 0.3) is 0 Å². The number of amides is 2. The van der Waals surface area contributed by atoms with Gasteiger partial charge in [0.25, 0.3) is 11.6 Å². The third-order valence-electron chi connectivity index (χ3n) is 4.10. The van der Waals surface area contributed by atoms with E-state index in [1.165, 1.54) is 12.3 Å². The molecule has 0 aliphatic heterocycles. The second-order valence-electron chi connectivity index (χ2n) is 6.21. The van der Waals surface area contributed by atoms with Crippen LogP contribution in [0.1, 0.15) is 21.9 Å². The lowest BCUT2D eigenvalue weighted by Gasteiger charge is -2.07. The molecule has 1 aromatic carbocycles. The lowest BCUT2D eigenvalue weighted by molar-refractivity contribution is -0.385. The molecule has 0 fully saturated rings. The Hall–Kier alpha value is -3.67. The van der Waals surface area contributed by atoms with Crippen molar-refractivity contribution in [3.8, 4) is 0 Å². The van der Waals surface area contributed by atoms with Crippen molar-refractivity contribution in [2.45, 2.75) is 18.6 Å². The maximum Gasteiger partial charge on any atom is 0.287 e. The summed E-state index contributed by atoms with van der Waals surface area (Å²) in [6.07, 6.45) is 1.41. The first-order valence-electron chi connectivity index (χ1n) is 8.73. The van der Waals surface area contributed by atoms with Crippen molar-refractivity contribution in [1.82, 2.24) is 20.1 Å². The number of nitrogens with one attached hydrogen (secondary N) is 2. The van der Waals surface area contributed by atoms with Gasteiger partial charge in [-0.25, -0.2) is 0 Å². The van der Waals surface area contributed by atoms with Gasteiger partial charge in [-0.2, -0.15) is 0 Å². The molecule has 12 heteroatoms. The summed E-state index contributed by atoms with van der Waals surface area (Å²) in [5, 5.41) is 24.8. The van der Waals surface area contributed by atoms with E-state index in [2.05, 4.69) is 20.8 Å². The fraction of sp³-hybridized carbons (Fsp3) is 0.222. The molecule has 0 aliphatic rings. The molecule has 0 aliphatic carbocycles. The Balaban J connectivity index is 1.53. The van der Waals surface area contributed by atoms with Crippen LogP contribution in [0.5, 0.6) is 0 Å². The van der Waals surface area contributed by atoms with Gasteiger partial charge in [-0.15, -0.1) is 10.2 Å². The molecule has 2 N–H and O–H groups in total. The van der Waals surface area contributed by atoms with Crippen LogP contribution in [-0.4, -0.2) is 37.3 Å². The minimum Gasteiger partial charge on any atom is -0.459 e. The summed E-state index contributed by atoms with van der Waals surface area (Å²) in [7, 11) is 1.72. The average molecular weight is 430 g/mol. The maximum absolute atomic E-state index is 12.2. The van der Waals surface area contributed by atoms with Gasteiger partial charge >= 0.3 is 0 Å². The van der Waals surface area contributed by atoms with Gasteiger partial charge in [0.1, 0.15) is 0 Å². The smallest absolute Gasteiger partial charge is 0.287 e. The summed E-state index contributed by atoms with van der Waals surface area (Å²) < 4.78 is 6.68. The number of rotatable bonds is 8. The standard InChI is InChI=1S/C18H18N6O5S/c1-11-5-6-12(8-13(11)24(27)28)20-16(25)10-30-18-22-21-15(23(18)2)9-19-17(26)14-4-3-7-29-14/h3-8H,9-10H2,1-2H3,(H,19,26)(H,20,25). The van der Waals surface area contributed by atoms with E-state index in [0.29, 0.717) is 22.2 Å². The van der Waals surface area contributed by atoms with Gasteiger partial charge in [-0.05, 0) is 25.1 Å². The molecule has 0 saturated carbocycles. The molecule has 2 aromatic heterocycles. The van der Waals surface area contributed by atoms with Crippen molar-refractivity contribution in [3.05, 3.63) is 63.9 Å². The number of hydrogen-bond acceptors (Lipinski definition) is 8. The van der Waals surface area contributed by atoms with Gasteiger partial charge in [0.2, 0.25) is 5.91 Å².